The largest absolute Gasteiger partial charge is 0.469 e. The van der Waals surface area contributed by atoms with Crippen molar-refractivity contribution in [1.82, 2.24) is 15.3 Å². The molecule has 0 unspecified atom stereocenters. The number of benzene rings is 1. The highest BCUT2D eigenvalue weighted by atomic mass is 16.5. The molecule has 11 nitrogen and oxygen atoms in total. The van der Waals surface area contributed by atoms with Gasteiger partial charge in [-0.1, -0.05) is 38.1 Å². The number of H-pyrrole nitrogens is 2. The lowest BCUT2D eigenvalue weighted by atomic mass is 9.91. The van der Waals surface area contributed by atoms with Gasteiger partial charge in [0.1, 0.15) is 0 Å². The van der Waals surface area contributed by atoms with Gasteiger partial charge in [-0.15, -0.1) is 0 Å². The summed E-state index contributed by atoms with van der Waals surface area (Å²) in [4.78, 5) is 73.9. The Morgan fingerprint density at radius 2 is 1.37 bits per heavy atom. The summed E-state index contributed by atoms with van der Waals surface area (Å²) < 4.78 is 9.79. The first kappa shape index (κ1) is 39.4. The van der Waals surface area contributed by atoms with E-state index in [-0.39, 0.29) is 42.4 Å². The number of aliphatic imine (C=N–C) groups is 1. The monoisotopic (exact) mass is 732 g/mol. The number of hydrogen-bond donors (Lipinski definition) is 3. The second-order valence-electron chi connectivity index (χ2n) is 13.6. The number of Topliss-reactive ketones (excluding diaryl/α,β-unsaturated/α-hetero) is 1. The van der Waals surface area contributed by atoms with Crippen LogP contribution in [0.4, 0.5) is 0 Å². The van der Waals surface area contributed by atoms with Crippen molar-refractivity contribution in [2.24, 2.45) is 4.99 Å². The molecule has 5 rings (SSSR count). The van der Waals surface area contributed by atoms with Gasteiger partial charge in [-0.2, -0.15) is 0 Å². The van der Waals surface area contributed by atoms with Crippen LogP contribution in [0.5, 0.6) is 0 Å². The summed E-state index contributed by atoms with van der Waals surface area (Å²) in [6, 6.07) is 7.39. The molecule has 2 aromatic heterocycles. The topological polar surface area (TPSA) is 160 Å². The van der Waals surface area contributed by atoms with Gasteiger partial charge in [-0.3, -0.25) is 24.0 Å². The molecule has 282 valence electrons. The first-order valence-corrected chi connectivity index (χ1v) is 18.2. The number of rotatable bonds is 13. The number of ketones is 1. The predicted molar refractivity (Wildman–Crippen MR) is 208 cm³/mol. The molecule has 11 heteroatoms. The summed E-state index contributed by atoms with van der Waals surface area (Å²) in [5, 5.41) is 4.62. The summed E-state index contributed by atoms with van der Waals surface area (Å²) in [6.07, 6.45) is 6.19. The average Bonchev–Trinajstić information content (AvgIpc) is 3.82. The minimum Gasteiger partial charge on any atom is -0.469 e. The lowest BCUT2D eigenvalue weighted by Crippen LogP contribution is -2.22. The standard InChI is InChI=1S/C43H48N4O7/c1-10-29-22(3)34(45-40(29)39(28-14-12-27(13-15-28)26(7)48)41-30(11-2)24(5)43(52)47-41)20-33-23(4)31(16-18-37(49)53-8)35(44-33)21-36-32(17-19-38(50)54-9)25(6)42(51)46-36/h12-15,20-21,44-45H,10-11,16-19H2,1-9H3,(H,46,51)/b34-20+,36-21-,40-39+. The van der Waals surface area contributed by atoms with E-state index < -0.39 is 0 Å². The van der Waals surface area contributed by atoms with Gasteiger partial charge in [0.05, 0.1) is 25.3 Å². The van der Waals surface area contributed by atoms with E-state index in [2.05, 4.69) is 34.1 Å². The number of methoxy groups -OCH3 is 2. The molecule has 0 fully saturated rings. The summed E-state index contributed by atoms with van der Waals surface area (Å²) in [5.41, 5.74) is 11.6. The van der Waals surface area contributed by atoms with E-state index in [9.17, 15) is 24.0 Å². The number of esters is 2. The second kappa shape index (κ2) is 16.4. The van der Waals surface area contributed by atoms with Gasteiger partial charge in [0.15, 0.2) is 5.78 Å². The number of aromatic nitrogens is 2. The van der Waals surface area contributed by atoms with Crippen LogP contribution in [0.25, 0.3) is 17.7 Å². The lowest BCUT2D eigenvalue weighted by Gasteiger charge is -2.12. The minimum absolute atomic E-state index is 0.0375. The van der Waals surface area contributed by atoms with E-state index in [0.717, 1.165) is 60.9 Å². The summed E-state index contributed by atoms with van der Waals surface area (Å²) in [6.45, 7) is 13.2. The number of carbonyl (C=O) groups excluding carboxylic acids is 5. The van der Waals surface area contributed by atoms with Crippen molar-refractivity contribution in [3.05, 3.63) is 108 Å². The van der Waals surface area contributed by atoms with Crippen LogP contribution in [-0.4, -0.2) is 59.4 Å². The van der Waals surface area contributed by atoms with Gasteiger partial charge in [0.25, 0.3) is 11.8 Å². The number of amides is 2. The zero-order valence-electron chi connectivity index (χ0n) is 32.5. The van der Waals surface area contributed by atoms with E-state index in [0.29, 0.717) is 59.5 Å². The Kier molecular flexibility index (Phi) is 12.0. The molecule has 0 bridgehead atoms. The van der Waals surface area contributed by atoms with Gasteiger partial charge < -0.3 is 24.8 Å². The minimum atomic E-state index is -0.371. The molecule has 54 heavy (non-hydrogen) atoms. The maximum Gasteiger partial charge on any atom is 0.305 e. The smallest absolute Gasteiger partial charge is 0.305 e. The molecule has 0 radical (unpaired) electrons. The third-order valence-corrected chi connectivity index (χ3v) is 10.5. The Morgan fingerprint density at radius 1 is 0.741 bits per heavy atom. The van der Waals surface area contributed by atoms with E-state index in [4.69, 9.17) is 9.47 Å². The van der Waals surface area contributed by atoms with Crippen molar-refractivity contribution < 1.29 is 33.4 Å². The van der Waals surface area contributed by atoms with Crippen LogP contribution in [-0.2, 0) is 41.5 Å². The normalized spacial score (nSPS) is 16.1. The zero-order chi connectivity index (χ0) is 39.4. The number of allylic oxidation sites excluding steroid dienone is 2. The van der Waals surface area contributed by atoms with E-state index in [1.165, 1.54) is 21.1 Å². The molecule has 0 saturated heterocycles. The van der Waals surface area contributed by atoms with Crippen LogP contribution in [0.2, 0.25) is 0 Å². The van der Waals surface area contributed by atoms with Gasteiger partial charge >= 0.3 is 11.9 Å². The number of aromatic amines is 2. The molecule has 4 heterocycles. The quantitative estimate of drug-likeness (QED) is 0.159. The van der Waals surface area contributed by atoms with Crippen molar-refractivity contribution in [3.63, 3.8) is 0 Å². The van der Waals surface area contributed by atoms with Gasteiger partial charge in [-0.05, 0) is 111 Å². The average molecular weight is 733 g/mol. The van der Waals surface area contributed by atoms with Crippen LogP contribution in [0.1, 0.15) is 110 Å². The molecule has 2 aliphatic rings. The number of nitrogens with zero attached hydrogens (tertiary/aromatic N) is 1. The second-order valence-corrected chi connectivity index (χ2v) is 13.6. The molecule has 3 N–H and O–H groups in total. The highest BCUT2D eigenvalue weighted by molar-refractivity contribution is 6.38. The van der Waals surface area contributed by atoms with Crippen molar-refractivity contribution in [2.75, 3.05) is 14.2 Å². The Hall–Kier alpha value is -5.84. The summed E-state index contributed by atoms with van der Waals surface area (Å²) in [7, 11) is 2.69. The highest BCUT2D eigenvalue weighted by Gasteiger charge is 2.28. The van der Waals surface area contributed by atoms with Gasteiger partial charge in [-0.25, -0.2) is 4.99 Å². The molecular formula is C43H48N4O7. The third-order valence-electron chi connectivity index (χ3n) is 10.5. The molecule has 0 aliphatic carbocycles. The molecule has 0 atom stereocenters. The fourth-order valence-electron chi connectivity index (χ4n) is 7.22. The maximum absolute atomic E-state index is 13.0. The van der Waals surface area contributed by atoms with Crippen molar-refractivity contribution in [3.8, 4) is 0 Å². The Morgan fingerprint density at radius 3 is 1.96 bits per heavy atom. The van der Waals surface area contributed by atoms with E-state index >= 15 is 0 Å². The number of hydrogen-bond acceptors (Lipinski definition) is 7. The van der Waals surface area contributed by atoms with Crippen LogP contribution >= 0.6 is 0 Å². The summed E-state index contributed by atoms with van der Waals surface area (Å²) >= 11 is 0. The molecule has 2 amide bonds. The molecular weight excluding hydrogens is 684 g/mol. The lowest BCUT2D eigenvalue weighted by molar-refractivity contribution is -0.141. The van der Waals surface area contributed by atoms with Gasteiger partial charge in [0, 0.05) is 57.6 Å². The number of nitrogens with one attached hydrogen (secondary N) is 3. The molecule has 3 aromatic rings. The first-order chi connectivity index (χ1) is 25.7. The molecule has 1 aromatic carbocycles. The number of carbonyl (C=O) groups is 5. The Bertz CT molecular complexity index is 2330. The molecule has 0 saturated carbocycles. The third kappa shape index (κ3) is 7.76. The fourth-order valence-corrected chi connectivity index (χ4v) is 7.22. The van der Waals surface area contributed by atoms with Crippen LogP contribution in [0.15, 0.2) is 57.2 Å². The fraction of sp³-hybridized carbons (Fsp3) is 0.349. The zero-order valence-corrected chi connectivity index (χ0v) is 32.5. The van der Waals surface area contributed by atoms with Gasteiger partial charge in [0.2, 0.25) is 0 Å². The van der Waals surface area contributed by atoms with E-state index in [1.54, 1.807) is 19.1 Å². The molecule has 2 aliphatic heterocycles. The van der Waals surface area contributed by atoms with Crippen LogP contribution in [0, 0.1) is 13.8 Å². The Labute approximate surface area is 315 Å². The number of ether oxygens (including phenoxy) is 2. The Balaban J connectivity index is 1.74. The SMILES string of the molecule is CCC1=C(C)C(=O)N=C1/C(c1ccc(C(C)=O)cc1)=c1/[nH]/c(=C/c2[nH]c(/C=C3\NC(=O)C(C)=C3CCC(=O)OC)c(CCC(=O)OC)c2C)c(C)c1CC. The predicted octanol–water partition coefficient (Wildman–Crippen LogP) is 5.31. The van der Waals surface area contributed by atoms with Crippen molar-refractivity contribution in [2.45, 2.75) is 87.0 Å². The first-order valence-electron chi connectivity index (χ1n) is 18.2. The summed E-state index contributed by atoms with van der Waals surface area (Å²) in [5.74, 6) is -1.24. The van der Waals surface area contributed by atoms with Crippen LogP contribution < -0.4 is 16.0 Å². The highest BCUT2D eigenvalue weighted by Crippen LogP contribution is 2.31. The molecule has 0 spiro atoms. The maximum atomic E-state index is 13.0. The van der Waals surface area contributed by atoms with Crippen molar-refractivity contribution >= 4 is 53.0 Å². The van der Waals surface area contributed by atoms with E-state index in [1.807, 2.05) is 45.1 Å². The van der Waals surface area contributed by atoms with Crippen molar-refractivity contribution in [1.29, 1.82) is 0 Å². The van der Waals surface area contributed by atoms with Crippen LogP contribution in [0.3, 0.4) is 0 Å².